The zero-order valence-corrected chi connectivity index (χ0v) is 8.33. The van der Waals surface area contributed by atoms with Gasteiger partial charge >= 0.3 is 0 Å². The lowest BCUT2D eigenvalue weighted by atomic mass is 10.1. The Hall–Kier alpha value is -2.66. The van der Waals surface area contributed by atoms with Gasteiger partial charge in [0.25, 0.3) is 5.82 Å². The first-order chi connectivity index (χ1) is 7.81. The molecule has 0 radical (unpaired) electrons. The second kappa shape index (κ2) is 4.24. The second-order valence-electron chi connectivity index (χ2n) is 3.19. The number of nitrogens with zero attached hydrogens (tertiary/aromatic N) is 5. The number of rotatable bonds is 2. The summed E-state index contributed by atoms with van der Waals surface area (Å²) < 4.78 is 1.58. The molecule has 2 aromatic rings. The molecule has 0 aliphatic carbocycles. The fourth-order valence-corrected chi connectivity index (χ4v) is 1.29. The van der Waals surface area contributed by atoms with Crippen molar-refractivity contribution >= 4 is 0 Å². The zero-order valence-electron chi connectivity index (χ0n) is 8.33. The van der Waals surface area contributed by atoms with Gasteiger partial charge in [-0.05, 0) is 17.7 Å². The topological polar surface area (TPSA) is 78.3 Å². The van der Waals surface area contributed by atoms with Gasteiger partial charge in [0.1, 0.15) is 12.4 Å². The summed E-state index contributed by atoms with van der Waals surface area (Å²) in [6, 6.07) is 11.1. The summed E-state index contributed by atoms with van der Waals surface area (Å²) in [5, 5.41) is 21.1. The van der Waals surface area contributed by atoms with Crippen molar-refractivity contribution in [2.45, 2.75) is 6.54 Å². The predicted octanol–water partition coefficient (Wildman–Crippen LogP) is 1.07. The molecular weight excluding hydrogens is 202 g/mol. The van der Waals surface area contributed by atoms with E-state index in [4.69, 9.17) is 10.5 Å². The molecule has 1 aromatic carbocycles. The fraction of sp³-hybridized carbons (Fsp3) is 0.0909. The van der Waals surface area contributed by atoms with Gasteiger partial charge in [0.05, 0.1) is 18.2 Å². The highest BCUT2D eigenvalue weighted by molar-refractivity contribution is 5.31. The maximum absolute atomic E-state index is 8.64. The Balaban J connectivity index is 2.15. The molecule has 76 valence electrons. The van der Waals surface area contributed by atoms with Gasteiger partial charge in [0.2, 0.25) is 0 Å². The average Bonchev–Trinajstić information content (AvgIpc) is 2.78. The molecule has 1 heterocycles. The first kappa shape index (κ1) is 9.88. The van der Waals surface area contributed by atoms with Crippen molar-refractivity contribution in [2.75, 3.05) is 0 Å². The minimum atomic E-state index is 0.161. The van der Waals surface area contributed by atoms with Crippen molar-refractivity contribution in [3.8, 4) is 12.1 Å². The summed E-state index contributed by atoms with van der Waals surface area (Å²) in [4.78, 5) is 3.80. The van der Waals surface area contributed by atoms with Gasteiger partial charge in [-0.3, -0.25) is 0 Å². The van der Waals surface area contributed by atoms with E-state index in [0.29, 0.717) is 12.1 Å². The molecular formula is C11H7N5. The Bertz CT molecular complexity index is 568. The van der Waals surface area contributed by atoms with Crippen molar-refractivity contribution in [3.63, 3.8) is 0 Å². The minimum absolute atomic E-state index is 0.161. The molecule has 5 nitrogen and oxygen atoms in total. The third-order valence-corrected chi connectivity index (χ3v) is 2.06. The van der Waals surface area contributed by atoms with Gasteiger partial charge in [0.15, 0.2) is 0 Å². The maximum atomic E-state index is 8.64. The number of hydrogen-bond acceptors (Lipinski definition) is 4. The molecule has 0 atom stereocenters. The molecule has 0 fully saturated rings. The van der Waals surface area contributed by atoms with E-state index in [1.54, 1.807) is 16.8 Å². The molecule has 0 aliphatic rings. The van der Waals surface area contributed by atoms with Crippen LogP contribution < -0.4 is 0 Å². The Labute approximate surface area is 92.2 Å². The molecule has 0 amide bonds. The molecule has 16 heavy (non-hydrogen) atoms. The first-order valence-electron chi connectivity index (χ1n) is 4.60. The van der Waals surface area contributed by atoms with Crippen LogP contribution in [0.4, 0.5) is 0 Å². The van der Waals surface area contributed by atoms with Crippen LogP contribution in [0, 0.1) is 22.7 Å². The number of aromatic nitrogens is 3. The second-order valence-corrected chi connectivity index (χ2v) is 3.19. The van der Waals surface area contributed by atoms with Crippen molar-refractivity contribution < 1.29 is 0 Å². The van der Waals surface area contributed by atoms with Gasteiger partial charge in [0, 0.05) is 0 Å². The van der Waals surface area contributed by atoms with Gasteiger partial charge in [-0.15, -0.1) is 5.10 Å². The quantitative estimate of drug-likeness (QED) is 0.741. The molecule has 0 aliphatic heterocycles. The predicted molar refractivity (Wildman–Crippen MR) is 55.0 cm³/mol. The molecule has 1 aromatic heterocycles. The summed E-state index contributed by atoms with van der Waals surface area (Å²) in [7, 11) is 0. The minimum Gasteiger partial charge on any atom is -0.247 e. The highest BCUT2D eigenvalue weighted by Gasteiger charge is 2.00. The lowest BCUT2D eigenvalue weighted by Crippen LogP contribution is -2.00. The molecule has 0 unspecified atom stereocenters. The Morgan fingerprint density at radius 1 is 1.12 bits per heavy atom. The van der Waals surface area contributed by atoms with Crippen LogP contribution >= 0.6 is 0 Å². The van der Waals surface area contributed by atoms with Crippen LogP contribution in [-0.2, 0) is 6.54 Å². The lowest BCUT2D eigenvalue weighted by Gasteiger charge is -2.00. The molecule has 5 heteroatoms. The molecule has 0 bridgehead atoms. The van der Waals surface area contributed by atoms with Gasteiger partial charge < -0.3 is 0 Å². The smallest absolute Gasteiger partial charge is 0.247 e. The third-order valence-electron chi connectivity index (χ3n) is 2.06. The summed E-state index contributed by atoms with van der Waals surface area (Å²) in [5.74, 6) is 0.161. The van der Waals surface area contributed by atoms with Crippen LogP contribution in [0.3, 0.4) is 0 Å². The van der Waals surface area contributed by atoms with Crippen LogP contribution in [0.5, 0.6) is 0 Å². The van der Waals surface area contributed by atoms with Crippen molar-refractivity contribution in [1.29, 1.82) is 10.5 Å². The largest absolute Gasteiger partial charge is 0.252 e. The molecule has 2 rings (SSSR count). The SMILES string of the molecule is N#Cc1ccc(Cn2cnc(C#N)n2)cc1. The lowest BCUT2D eigenvalue weighted by molar-refractivity contribution is 0.682. The highest BCUT2D eigenvalue weighted by Crippen LogP contribution is 2.04. The summed E-state index contributed by atoms with van der Waals surface area (Å²) in [6.07, 6.45) is 1.51. The summed E-state index contributed by atoms with van der Waals surface area (Å²) in [5.41, 5.74) is 1.63. The van der Waals surface area contributed by atoms with E-state index in [-0.39, 0.29) is 5.82 Å². The van der Waals surface area contributed by atoms with Crippen LogP contribution in [-0.4, -0.2) is 14.8 Å². The molecule has 0 N–H and O–H groups in total. The van der Waals surface area contributed by atoms with E-state index in [0.717, 1.165) is 5.56 Å². The van der Waals surface area contributed by atoms with Crippen molar-refractivity contribution in [3.05, 3.63) is 47.5 Å². The first-order valence-corrected chi connectivity index (χ1v) is 4.60. The Morgan fingerprint density at radius 2 is 1.88 bits per heavy atom. The van der Waals surface area contributed by atoms with E-state index in [1.807, 2.05) is 18.2 Å². The number of nitriles is 2. The fourth-order valence-electron chi connectivity index (χ4n) is 1.29. The normalized spacial score (nSPS) is 9.38. The number of hydrogen-bond donors (Lipinski definition) is 0. The average molecular weight is 209 g/mol. The van der Waals surface area contributed by atoms with Crippen molar-refractivity contribution in [2.24, 2.45) is 0 Å². The van der Waals surface area contributed by atoms with Crippen LogP contribution in [0.1, 0.15) is 17.0 Å². The standard InChI is InChI=1S/C11H7N5/c12-5-9-1-3-10(4-2-9)7-16-8-14-11(6-13)15-16/h1-4,8H,7H2. The van der Waals surface area contributed by atoms with E-state index < -0.39 is 0 Å². The van der Waals surface area contributed by atoms with E-state index in [2.05, 4.69) is 16.2 Å². The van der Waals surface area contributed by atoms with Crippen LogP contribution in [0.15, 0.2) is 30.6 Å². The third kappa shape index (κ3) is 2.05. The molecule has 0 saturated heterocycles. The maximum Gasteiger partial charge on any atom is 0.252 e. The summed E-state index contributed by atoms with van der Waals surface area (Å²) in [6.45, 7) is 0.542. The van der Waals surface area contributed by atoms with Crippen LogP contribution in [0.2, 0.25) is 0 Å². The van der Waals surface area contributed by atoms with Gasteiger partial charge in [-0.1, -0.05) is 12.1 Å². The zero-order chi connectivity index (χ0) is 11.4. The van der Waals surface area contributed by atoms with E-state index in [1.165, 1.54) is 6.33 Å². The van der Waals surface area contributed by atoms with Crippen molar-refractivity contribution in [1.82, 2.24) is 14.8 Å². The Morgan fingerprint density at radius 3 is 2.44 bits per heavy atom. The summed E-state index contributed by atoms with van der Waals surface area (Å²) >= 11 is 0. The molecule has 0 spiro atoms. The Kier molecular flexibility index (Phi) is 2.62. The molecule has 0 saturated carbocycles. The highest BCUT2D eigenvalue weighted by atomic mass is 15.3. The van der Waals surface area contributed by atoms with E-state index in [9.17, 15) is 0 Å². The van der Waals surface area contributed by atoms with Crippen LogP contribution in [0.25, 0.3) is 0 Å². The van der Waals surface area contributed by atoms with Gasteiger partial charge in [-0.2, -0.15) is 10.5 Å². The van der Waals surface area contributed by atoms with Gasteiger partial charge in [-0.25, -0.2) is 9.67 Å². The monoisotopic (exact) mass is 209 g/mol. The van der Waals surface area contributed by atoms with E-state index >= 15 is 0 Å². The number of benzene rings is 1.